The van der Waals surface area contributed by atoms with Gasteiger partial charge in [0.25, 0.3) is 0 Å². The van der Waals surface area contributed by atoms with Crippen LogP contribution in [0.15, 0.2) is 4.99 Å². The van der Waals surface area contributed by atoms with Crippen LogP contribution in [0.4, 0.5) is 0 Å². The maximum absolute atomic E-state index is 5.70. The summed E-state index contributed by atoms with van der Waals surface area (Å²) >= 11 is 0. The molecule has 2 rings (SSSR count). The third-order valence-corrected chi connectivity index (χ3v) is 4.00. The molecule has 2 heterocycles. The van der Waals surface area contributed by atoms with Gasteiger partial charge in [0.1, 0.15) is 0 Å². The highest BCUT2D eigenvalue weighted by atomic mass is 16.5. The molecule has 0 aromatic carbocycles. The smallest absolute Gasteiger partial charge is 0.191 e. The predicted octanol–water partition coefficient (Wildman–Crippen LogP) is 1.02. The molecule has 22 heavy (non-hydrogen) atoms. The molecule has 0 spiro atoms. The Kier molecular flexibility index (Phi) is 7.42. The minimum atomic E-state index is 0.217. The lowest BCUT2D eigenvalue weighted by Gasteiger charge is -2.36. The number of nitrogens with zero attached hydrogens (tertiary/aromatic N) is 1. The third-order valence-electron chi connectivity index (χ3n) is 4.00. The number of hydrogen-bond acceptors (Lipinski definition) is 4. The van der Waals surface area contributed by atoms with Crippen LogP contribution in [0.1, 0.15) is 26.7 Å². The topological polar surface area (TPSA) is 64.1 Å². The fraction of sp³-hybridized carbons (Fsp3) is 0.938. The second-order valence-corrected chi connectivity index (χ2v) is 6.58. The number of ether oxygens (including phenoxy) is 3. The molecular formula is C16H31N3O3. The molecule has 6 nitrogen and oxygen atoms in total. The number of hydrogen-bond donors (Lipinski definition) is 2. The zero-order valence-electron chi connectivity index (χ0n) is 14.0. The Morgan fingerprint density at radius 3 is 2.82 bits per heavy atom. The van der Waals surface area contributed by atoms with E-state index in [4.69, 9.17) is 14.2 Å². The Morgan fingerprint density at radius 1 is 1.32 bits per heavy atom. The molecule has 2 aliphatic rings. The molecule has 1 atom stereocenters. The maximum atomic E-state index is 5.70. The maximum Gasteiger partial charge on any atom is 0.191 e. The lowest BCUT2D eigenvalue weighted by atomic mass is 9.89. The summed E-state index contributed by atoms with van der Waals surface area (Å²) in [7, 11) is 0. The van der Waals surface area contributed by atoms with Gasteiger partial charge in [-0.3, -0.25) is 4.99 Å². The van der Waals surface area contributed by atoms with Gasteiger partial charge in [-0.25, -0.2) is 0 Å². The van der Waals surface area contributed by atoms with Crippen LogP contribution < -0.4 is 10.6 Å². The van der Waals surface area contributed by atoms with Gasteiger partial charge >= 0.3 is 0 Å². The zero-order valence-corrected chi connectivity index (χ0v) is 14.0. The molecule has 1 unspecified atom stereocenters. The van der Waals surface area contributed by atoms with Gasteiger partial charge in [-0.2, -0.15) is 0 Å². The highest BCUT2D eigenvalue weighted by Gasteiger charge is 2.33. The standard InChI is InChI=1S/C16H31N3O3/c1-3-17-15(19-11-16(2)12-22-13-16)18-6-4-7-20-9-14-5-8-21-10-14/h14H,3-13H2,1-2H3,(H2,17,18,19). The zero-order chi connectivity index (χ0) is 15.7. The van der Waals surface area contributed by atoms with Crippen molar-refractivity contribution in [2.24, 2.45) is 16.3 Å². The van der Waals surface area contributed by atoms with Crippen LogP contribution in [-0.2, 0) is 14.2 Å². The van der Waals surface area contributed by atoms with Gasteiger partial charge in [0.2, 0.25) is 0 Å². The second kappa shape index (κ2) is 9.33. The summed E-state index contributed by atoms with van der Waals surface area (Å²) in [6.07, 6.45) is 2.12. The van der Waals surface area contributed by atoms with Gasteiger partial charge in [-0.05, 0) is 19.8 Å². The van der Waals surface area contributed by atoms with E-state index in [1.54, 1.807) is 0 Å². The molecule has 2 saturated heterocycles. The molecule has 0 saturated carbocycles. The van der Waals surface area contributed by atoms with E-state index in [-0.39, 0.29) is 5.41 Å². The van der Waals surface area contributed by atoms with Crippen LogP contribution in [0.5, 0.6) is 0 Å². The Morgan fingerprint density at radius 2 is 2.18 bits per heavy atom. The molecule has 2 aliphatic heterocycles. The molecule has 0 bridgehead atoms. The first-order valence-electron chi connectivity index (χ1n) is 8.47. The quantitative estimate of drug-likeness (QED) is 0.378. The highest BCUT2D eigenvalue weighted by Crippen LogP contribution is 2.26. The average molecular weight is 313 g/mol. The van der Waals surface area contributed by atoms with Crippen molar-refractivity contribution in [3.8, 4) is 0 Å². The van der Waals surface area contributed by atoms with E-state index in [1.165, 1.54) is 0 Å². The van der Waals surface area contributed by atoms with Gasteiger partial charge in [0, 0.05) is 37.6 Å². The van der Waals surface area contributed by atoms with Gasteiger partial charge < -0.3 is 24.8 Å². The second-order valence-electron chi connectivity index (χ2n) is 6.58. The van der Waals surface area contributed by atoms with Crippen molar-refractivity contribution in [1.29, 1.82) is 0 Å². The van der Waals surface area contributed by atoms with Crippen LogP contribution in [0, 0.1) is 11.3 Å². The summed E-state index contributed by atoms with van der Waals surface area (Å²) in [6, 6.07) is 0. The van der Waals surface area contributed by atoms with Crippen molar-refractivity contribution in [1.82, 2.24) is 10.6 Å². The molecular weight excluding hydrogens is 282 g/mol. The fourth-order valence-corrected chi connectivity index (χ4v) is 2.50. The Bertz CT molecular complexity index is 340. The van der Waals surface area contributed by atoms with E-state index in [0.717, 1.165) is 78.1 Å². The molecule has 0 aliphatic carbocycles. The lowest BCUT2D eigenvalue weighted by Crippen LogP contribution is -2.44. The lowest BCUT2D eigenvalue weighted by molar-refractivity contribution is -0.0945. The third kappa shape index (κ3) is 6.10. The number of guanidine groups is 1. The number of aliphatic imine (C=N–C) groups is 1. The van der Waals surface area contributed by atoms with Gasteiger partial charge in [-0.15, -0.1) is 0 Å². The fourth-order valence-electron chi connectivity index (χ4n) is 2.50. The van der Waals surface area contributed by atoms with Crippen molar-refractivity contribution in [2.45, 2.75) is 26.7 Å². The summed E-state index contributed by atoms with van der Waals surface area (Å²) < 4.78 is 16.3. The summed E-state index contributed by atoms with van der Waals surface area (Å²) in [5, 5.41) is 6.64. The summed E-state index contributed by atoms with van der Waals surface area (Å²) in [6.45, 7) is 11.8. The van der Waals surface area contributed by atoms with Crippen molar-refractivity contribution in [3.63, 3.8) is 0 Å². The van der Waals surface area contributed by atoms with Crippen LogP contribution >= 0.6 is 0 Å². The SMILES string of the molecule is CCNC(=NCC1(C)COC1)NCCCOCC1CCOC1. The Labute approximate surface area is 134 Å². The molecule has 6 heteroatoms. The van der Waals surface area contributed by atoms with Gasteiger partial charge in [-0.1, -0.05) is 6.92 Å². The van der Waals surface area contributed by atoms with E-state index in [1.807, 2.05) is 0 Å². The first-order valence-corrected chi connectivity index (χ1v) is 8.47. The van der Waals surface area contributed by atoms with E-state index < -0.39 is 0 Å². The molecule has 0 aromatic rings. The summed E-state index contributed by atoms with van der Waals surface area (Å²) in [5.74, 6) is 1.48. The molecule has 2 N–H and O–H groups in total. The molecule has 128 valence electrons. The monoisotopic (exact) mass is 313 g/mol. The van der Waals surface area contributed by atoms with Gasteiger partial charge in [0.15, 0.2) is 5.96 Å². The average Bonchev–Trinajstić information content (AvgIpc) is 2.99. The van der Waals surface area contributed by atoms with Crippen molar-refractivity contribution < 1.29 is 14.2 Å². The van der Waals surface area contributed by atoms with E-state index in [9.17, 15) is 0 Å². The van der Waals surface area contributed by atoms with Crippen LogP contribution in [0.3, 0.4) is 0 Å². The Hall–Kier alpha value is -0.850. The number of rotatable bonds is 9. The summed E-state index contributed by atoms with van der Waals surface area (Å²) in [4.78, 5) is 4.65. The normalized spacial score (nSPS) is 24.1. The van der Waals surface area contributed by atoms with Crippen molar-refractivity contribution in [2.75, 3.05) is 59.3 Å². The van der Waals surface area contributed by atoms with E-state index in [0.29, 0.717) is 5.92 Å². The number of nitrogens with one attached hydrogen (secondary N) is 2. The van der Waals surface area contributed by atoms with Crippen LogP contribution in [-0.4, -0.2) is 65.2 Å². The van der Waals surface area contributed by atoms with E-state index >= 15 is 0 Å². The van der Waals surface area contributed by atoms with Crippen LogP contribution in [0.2, 0.25) is 0 Å². The molecule has 0 radical (unpaired) electrons. The molecule has 0 aromatic heterocycles. The first-order chi connectivity index (χ1) is 10.7. The van der Waals surface area contributed by atoms with Crippen molar-refractivity contribution in [3.05, 3.63) is 0 Å². The highest BCUT2D eigenvalue weighted by molar-refractivity contribution is 5.79. The van der Waals surface area contributed by atoms with E-state index in [2.05, 4.69) is 29.5 Å². The largest absolute Gasteiger partial charge is 0.381 e. The summed E-state index contributed by atoms with van der Waals surface area (Å²) in [5.41, 5.74) is 0.217. The Balaban J connectivity index is 1.54. The molecule has 2 fully saturated rings. The minimum absolute atomic E-state index is 0.217. The van der Waals surface area contributed by atoms with Crippen LogP contribution in [0.25, 0.3) is 0 Å². The minimum Gasteiger partial charge on any atom is -0.381 e. The van der Waals surface area contributed by atoms with Crippen molar-refractivity contribution >= 4 is 5.96 Å². The predicted molar refractivity (Wildman–Crippen MR) is 87.3 cm³/mol. The van der Waals surface area contributed by atoms with Gasteiger partial charge in [0.05, 0.1) is 33.0 Å². The molecule has 0 amide bonds. The first kappa shape index (κ1) is 17.5.